The molecule has 0 unspecified atom stereocenters. The molecule has 0 heterocycles. The highest BCUT2D eigenvalue weighted by molar-refractivity contribution is 6.34. The largest absolute Gasteiger partial charge is 0.485 e. The molecule has 0 N–H and O–H groups in total. The summed E-state index contributed by atoms with van der Waals surface area (Å²) in [5.74, 6) is -0.399. The van der Waals surface area contributed by atoms with Crippen LogP contribution < -0.4 is 4.74 Å². The first-order valence-electron chi connectivity index (χ1n) is 5.43. The van der Waals surface area contributed by atoms with E-state index in [9.17, 15) is 9.18 Å². The van der Waals surface area contributed by atoms with Crippen molar-refractivity contribution < 1.29 is 13.9 Å². The lowest BCUT2D eigenvalue weighted by Gasteiger charge is -2.07. The standard InChI is InChI=1S/C14H9Cl2FO2/c15-9-1-4-11(5-2-9)19-8-14(18)12-7-10(17)3-6-13(12)16/h1-7H,8H2. The average molecular weight is 299 g/mol. The van der Waals surface area contributed by atoms with Crippen LogP contribution in [0.3, 0.4) is 0 Å². The third-order valence-electron chi connectivity index (χ3n) is 2.41. The Morgan fingerprint density at radius 1 is 1.11 bits per heavy atom. The van der Waals surface area contributed by atoms with Gasteiger partial charge in [-0.25, -0.2) is 4.39 Å². The maximum atomic E-state index is 13.0. The van der Waals surface area contributed by atoms with Crippen LogP contribution in [0.1, 0.15) is 10.4 Å². The van der Waals surface area contributed by atoms with Gasteiger partial charge < -0.3 is 4.74 Å². The molecule has 2 nitrogen and oxygen atoms in total. The van der Waals surface area contributed by atoms with Gasteiger partial charge >= 0.3 is 0 Å². The van der Waals surface area contributed by atoms with Gasteiger partial charge in [0.1, 0.15) is 11.6 Å². The smallest absolute Gasteiger partial charge is 0.201 e. The number of carbonyl (C=O) groups excluding carboxylic acids is 1. The highest BCUT2D eigenvalue weighted by atomic mass is 35.5. The second-order valence-electron chi connectivity index (χ2n) is 3.79. The van der Waals surface area contributed by atoms with Crippen molar-refractivity contribution in [2.24, 2.45) is 0 Å². The van der Waals surface area contributed by atoms with Crippen molar-refractivity contribution in [2.75, 3.05) is 6.61 Å². The summed E-state index contributed by atoms with van der Waals surface area (Å²) in [6.45, 7) is -0.217. The molecule has 0 fully saturated rings. The summed E-state index contributed by atoms with van der Waals surface area (Å²) >= 11 is 11.6. The molecular formula is C14H9Cl2FO2. The van der Waals surface area contributed by atoms with Gasteiger partial charge in [-0.05, 0) is 42.5 Å². The van der Waals surface area contributed by atoms with Crippen LogP contribution in [-0.2, 0) is 0 Å². The minimum Gasteiger partial charge on any atom is -0.485 e. The van der Waals surface area contributed by atoms with Crippen LogP contribution in [0.2, 0.25) is 10.0 Å². The van der Waals surface area contributed by atoms with E-state index in [0.717, 1.165) is 6.07 Å². The third kappa shape index (κ3) is 3.69. The highest BCUT2D eigenvalue weighted by Gasteiger charge is 2.12. The summed E-state index contributed by atoms with van der Waals surface area (Å²) in [6.07, 6.45) is 0. The molecule has 0 saturated carbocycles. The van der Waals surface area contributed by atoms with Crippen molar-refractivity contribution in [3.05, 3.63) is 63.9 Å². The number of benzene rings is 2. The van der Waals surface area contributed by atoms with E-state index in [1.165, 1.54) is 12.1 Å². The lowest BCUT2D eigenvalue weighted by molar-refractivity contribution is 0.0921. The second-order valence-corrected chi connectivity index (χ2v) is 4.63. The van der Waals surface area contributed by atoms with Gasteiger partial charge in [0.05, 0.1) is 5.02 Å². The van der Waals surface area contributed by atoms with E-state index in [1.54, 1.807) is 24.3 Å². The molecule has 0 bridgehead atoms. The second kappa shape index (κ2) is 6.04. The van der Waals surface area contributed by atoms with E-state index in [2.05, 4.69) is 0 Å². The van der Waals surface area contributed by atoms with Crippen LogP contribution >= 0.6 is 23.2 Å². The Bertz CT molecular complexity index is 597. The average Bonchev–Trinajstić information content (AvgIpc) is 2.40. The molecule has 0 atom stereocenters. The third-order valence-corrected chi connectivity index (χ3v) is 2.99. The van der Waals surface area contributed by atoms with Crippen LogP contribution in [0.25, 0.3) is 0 Å². The van der Waals surface area contributed by atoms with Gasteiger partial charge in [-0.1, -0.05) is 23.2 Å². The van der Waals surface area contributed by atoms with E-state index in [1.807, 2.05) is 0 Å². The van der Waals surface area contributed by atoms with Crippen molar-refractivity contribution in [3.8, 4) is 5.75 Å². The lowest BCUT2D eigenvalue weighted by atomic mass is 10.1. The van der Waals surface area contributed by atoms with Crippen molar-refractivity contribution in [1.29, 1.82) is 0 Å². The van der Waals surface area contributed by atoms with Gasteiger partial charge in [0, 0.05) is 10.6 Å². The van der Waals surface area contributed by atoms with Crippen LogP contribution in [0, 0.1) is 5.82 Å². The molecule has 0 aliphatic rings. The molecule has 19 heavy (non-hydrogen) atoms. The van der Waals surface area contributed by atoms with Crippen LogP contribution in [0.15, 0.2) is 42.5 Å². The summed E-state index contributed by atoms with van der Waals surface area (Å²) in [5.41, 5.74) is 0.107. The quantitative estimate of drug-likeness (QED) is 0.782. The van der Waals surface area contributed by atoms with E-state index in [0.29, 0.717) is 10.8 Å². The summed E-state index contributed by atoms with van der Waals surface area (Å²) in [4.78, 5) is 11.9. The number of ketones is 1. The predicted molar refractivity (Wildman–Crippen MR) is 72.7 cm³/mol. The van der Waals surface area contributed by atoms with E-state index < -0.39 is 5.82 Å². The summed E-state index contributed by atoms with van der Waals surface area (Å²) < 4.78 is 18.3. The van der Waals surface area contributed by atoms with E-state index >= 15 is 0 Å². The number of rotatable bonds is 4. The molecule has 0 saturated heterocycles. The molecule has 0 aliphatic carbocycles. The van der Waals surface area contributed by atoms with Gasteiger partial charge in [-0.15, -0.1) is 0 Å². The Morgan fingerprint density at radius 2 is 1.79 bits per heavy atom. The number of hydrogen-bond acceptors (Lipinski definition) is 2. The monoisotopic (exact) mass is 298 g/mol. The Hall–Kier alpha value is -1.58. The maximum Gasteiger partial charge on any atom is 0.201 e. The predicted octanol–water partition coefficient (Wildman–Crippen LogP) is 4.39. The zero-order valence-electron chi connectivity index (χ0n) is 9.70. The summed E-state index contributed by atoms with van der Waals surface area (Å²) in [6, 6.07) is 10.2. The number of Topliss-reactive ketones (excluding diaryl/α,β-unsaturated/α-hetero) is 1. The van der Waals surface area contributed by atoms with E-state index in [-0.39, 0.29) is 23.0 Å². The fourth-order valence-corrected chi connectivity index (χ4v) is 1.82. The first-order valence-corrected chi connectivity index (χ1v) is 6.18. The van der Waals surface area contributed by atoms with Gasteiger partial charge in [0.2, 0.25) is 5.78 Å². The first kappa shape index (κ1) is 13.8. The van der Waals surface area contributed by atoms with Crippen LogP contribution in [0.5, 0.6) is 5.75 Å². The molecule has 2 aromatic rings. The Balaban J connectivity index is 2.05. The van der Waals surface area contributed by atoms with Crippen molar-refractivity contribution in [3.63, 3.8) is 0 Å². The minimum atomic E-state index is -0.515. The highest BCUT2D eigenvalue weighted by Crippen LogP contribution is 2.19. The fraction of sp³-hybridized carbons (Fsp3) is 0.0714. The first-order chi connectivity index (χ1) is 9.06. The molecule has 5 heteroatoms. The van der Waals surface area contributed by atoms with Crippen molar-refractivity contribution in [1.82, 2.24) is 0 Å². The molecule has 2 rings (SSSR count). The van der Waals surface area contributed by atoms with Crippen LogP contribution in [0.4, 0.5) is 4.39 Å². The molecule has 0 radical (unpaired) electrons. The van der Waals surface area contributed by atoms with Crippen LogP contribution in [-0.4, -0.2) is 12.4 Å². The Kier molecular flexibility index (Phi) is 4.40. The van der Waals surface area contributed by atoms with Gasteiger partial charge in [0.15, 0.2) is 6.61 Å². The minimum absolute atomic E-state index is 0.107. The molecule has 2 aromatic carbocycles. The van der Waals surface area contributed by atoms with E-state index in [4.69, 9.17) is 27.9 Å². The fourth-order valence-electron chi connectivity index (χ4n) is 1.47. The van der Waals surface area contributed by atoms with Crippen molar-refractivity contribution >= 4 is 29.0 Å². The number of ether oxygens (including phenoxy) is 1. The summed E-state index contributed by atoms with van der Waals surface area (Å²) in [7, 11) is 0. The zero-order valence-corrected chi connectivity index (χ0v) is 11.2. The van der Waals surface area contributed by atoms with Crippen molar-refractivity contribution in [2.45, 2.75) is 0 Å². The number of carbonyl (C=O) groups is 1. The van der Waals surface area contributed by atoms with Gasteiger partial charge in [-0.2, -0.15) is 0 Å². The van der Waals surface area contributed by atoms with Gasteiger partial charge in [0.25, 0.3) is 0 Å². The maximum absolute atomic E-state index is 13.0. The number of halogens is 3. The SMILES string of the molecule is O=C(COc1ccc(Cl)cc1)c1cc(F)ccc1Cl. The molecule has 0 spiro atoms. The molecule has 0 aliphatic heterocycles. The van der Waals surface area contributed by atoms with Gasteiger partial charge in [-0.3, -0.25) is 4.79 Å². The Labute approximate surface area is 119 Å². The zero-order chi connectivity index (χ0) is 13.8. The lowest BCUT2D eigenvalue weighted by Crippen LogP contribution is -2.12. The topological polar surface area (TPSA) is 26.3 Å². The molecule has 0 aromatic heterocycles. The normalized spacial score (nSPS) is 10.3. The summed E-state index contributed by atoms with van der Waals surface area (Å²) in [5, 5.41) is 0.776. The molecule has 98 valence electrons. The molecular weight excluding hydrogens is 290 g/mol. The number of hydrogen-bond donors (Lipinski definition) is 0. The molecule has 0 amide bonds. The Morgan fingerprint density at radius 3 is 2.47 bits per heavy atom.